The van der Waals surface area contributed by atoms with Crippen LogP contribution < -0.4 is 21.6 Å². The third-order valence-corrected chi connectivity index (χ3v) is 8.10. The maximum Gasteiger partial charge on any atom is 0.157 e. The summed E-state index contributed by atoms with van der Waals surface area (Å²) in [5, 5.41) is 28.3. The molecule has 212 valence electrons. The number of pyridine rings is 1. The predicted molar refractivity (Wildman–Crippen MR) is 166 cm³/mol. The summed E-state index contributed by atoms with van der Waals surface area (Å²) in [5.41, 5.74) is 7.84. The van der Waals surface area contributed by atoms with Crippen LogP contribution in [0, 0.1) is 28.5 Å². The summed E-state index contributed by atoms with van der Waals surface area (Å²) in [4.78, 5) is 4.34. The summed E-state index contributed by atoms with van der Waals surface area (Å²) >= 11 is 6.73. The molecule has 2 aliphatic rings. The standard InChI is InChI=1S/C32H27BClFN8/c1-2-25(20-8-4-3-5-9-20)39-30-21(16-37)17-38-31-24(34)14-26(29(35)28(30)31)40-32(33,22-10-6-7-19(13-22)15-36)27-18-43(42-41-27)23-11-12-23/h3-10,13-14,17-18,23,25,40-42H,2,11-12H2,1H3,(H,38,39)/t25-,32?/m1/s1. The Bertz CT molecular complexity index is 1810. The molecule has 43 heavy (non-hydrogen) atoms. The zero-order chi connectivity index (χ0) is 30.1. The molecule has 6 rings (SSSR count). The molecule has 4 N–H and O–H groups in total. The Morgan fingerprint density at radius 2 is 1.95 bits per heavy atom. The van der Waals surface area contributed by atoms with E-state index in [0.717, 1.165) is 18.4 Å². The molecule has 1 aliphatic carbocycles. The Morgan fingerprint density at radius 1 is 1.16 bits per heavy atom. The van der Waals surface area contributed by atoms with Crippen LogP contribution in [0.15, 0.2) is 78.8 Å². The summed E-state index contributed by atoms with van der Waals surface area (Å²) in [7, 11) is 7.09. The number of nitriles is 2. The third kappa shape index (κ3) is 5.32. The minimum atomic E-state index is -1.51. The summed E-state index contributed by atoms with van der Waals surface area (Å²) < 4.78 is 16.8. The van der Waals surface area contributed by atoms with Crippen LogP contribution in [0.5, 0.6) is 0 Å². The quantitative estimate of drug-likeness (QED) is 0.174. The molecule has 1 aliphatic heterocycles. The number of nitrogens with zero attached hydrogens (tertiary/aromatic N) is 4. The topological polar surface area (TPSA) is 112 Å². The van der Waals surface area contributed by atoms with Crippen molar-refractivity contribution in [3.05, 3.63) is 112 Å². The van der Waals surface area contributed by atoms with Gasteiger partial charge in [-0.2, -0.15) is 10.5 Å². The number of halogens is 2. The number of hydrazine groups is 2. The minimum absolute atomic E-state index is 0.00244. The second kappa shape index (κ2) is 11.5. The van der Waals surface area contributed by atoms with Crippen molar-refractivity contribution < 1.29 is 4.39 Å². The number of hydrogen-bond acceptors (Lipinski definition) is 8. The smallest absolute Gasteiger partial charge is 0.157 e. The molecule has 8 nitrogen and oxygen atoms in total. The number of benzene rings is 3. The van der Waals surface area contributed by atoms with Crippen LogP contribution in [-0.4, -0.2) is 23.9 Å². The van der Waals surface area contributed by atoms with Gasteiger partial charge in [-0.3, -0.25) is 9.99 Å². The SMILES string of the molecule is [B]C(Nc1cc(Cl)c2ncc(C#N)c(N[C@H](CC)c3ccccc3)c2c1F)(C1=CN(C2CC2)NN1)c1cccc(C#N)c1. The number of fused-ring (bicyclic) bond motifs is 1. The maximum absolute atomic E-state index is 16.8. The molecular formula is C32H27BClFN8. The van der Waals surface area contributed by atoms with E-state index in [4.69, 9.17) is 19.4 Å². The first-order chi connectivity index (χ1) is 20.9. The van der Waals surface area contributed by atoms with E-state index in [1.807, 2.05) is 48.5 Å². The molecule has 3 aromatic carbocycles. The number of aromatic nitrogens is 1. The van der Waals surface area contributed by atoms with Crippen LogP contribution >= 0.6 is 11.6 Å². The number of rotatable bonds is 9. The van der Waals surface area contributed by atoms with E-state index in [-0.39, 0.29) is 33.2 Å². The lowest BCUT2D eigenvalue weighted by atomic mass is 9.69. The van der Waals surface area contributed by atoms with E-state index in [1.165, 1.54) is 12.3 Å². The van der Waals surface area contributed by atoms with Gasteiger partial charge in [0.15, 0.2) is 5.82 Å². The molecule has 0 saturated heterocycles. The Morgan fingerprint density at radius 3 is 2.65 bits per heavy atom. The van der Waals surface area contributed by atoms with Crippen LogP contribution in [0.25, 0.3) is 10.9 Å². The highest BCUT2D eigenvalue weighted by Crippen LogP contribution is 2.41. The van der Waals surface area contributed by atoms with Gasteiger partial charge in [-0.05, 0) is 48.6 Å². The summed E-state index contributed by atoms with van der Waals surface area (Å²) in [5.74, 6) is -0.675. The molecular weight excluding hydrogens is 562 g/mol. The molecule has 0 spiro atoms. The normalized spacial score (nSPS) is 16.4. The Labute approximate surface area is 255 Å². The van der Waals surface area contributed by atoms with Gasteiger partial charge in [-0.25, -0.2) is 4.39 Å². The molecule has 11 heteroatoms. The van der Waals surface area contributed by atoms with Crippen molar-refractivity contribution in [3.63, 3.8) is 0 Å². The molecule has 4 aromatic rings. The van der Waals surface area contributed by atoms with Crippen molar-refractivity contribution in [2.75, 3.05) is 10.6 Å². The molecule has 1 fully saturated rings. The van der Waals surface area contributed by atoms with Crippen molar-refractivity contribution >= 4 is 41.7 Å². The van der Waals surface area contributed by atoms with E-state index < -0.39 is 11.3 Å². The molecule has 1 saturated carbocycles. The summed E-state index contributed by atoms with van der Waals surface area (Å²) in [6.45, 7) is 2.01. The largest absolute Gasteiger partial charge is 0.376 e. The zero-order valence-corrected chi connectivity index (χ0v) is 24.1. The fraction of sp³-hybridized carbons (Fsp3) is 0.219. The number of anilines is 2. The van der Waals surface area contributed by atoms with E-state index in [0.29, 0.717) is 35.0 Å². The fourth-order valence-electron chi connectivity index (χ4n) is 5.33. The van der Waals surface area contributed by atoms with Gasteiger partial charge in [0.2, 0.25) is 0 Å². The van der Waals surface area contributed by atoms with Gasteiger partial charge >= 0.3 is 0 Å². The lowest BCUT2D eigenvalue weighted by Crippen LogP contribution is -2.45. The van der Waals surface area contributed by atoms with Crippen LogP contribution in [0.2, 0.25) is 5.02 Å². The van der Waals surface area contributed by atoms with E-state index in [1.54, 1.807) is 24.3 Å². The van der Waals surface area contributed by atoms with Crippen molar-refractivity contribution in [1.82, 2.24) is 21.0 Å². The highest BCUT2D eigenvalue weighted by Gasteiger charge is 2.38. The first kappa shape index (κ1) is 28.4. The van der Waals surface area contributed by atoms with Gasteiger partial charge in [0.25, 0.3) is 0 Å². The van der Waals surface area contributed by atoms with Gasteiger partial charge in [0, 0.05) is 18.4 Å². The molecule has 1 aromatic heterocycles. The van der Waals surface area contributed by atoms with Crippen molar-refractivity contribution in [1.29, 1.82) is 10.5 Å². The fourth-order valence-corrected chi connectivity index (χ4v) is 5.58. The lowest BCUT2D eigenvalue weighted by Gasteiger charge is -2.34. The second-order valence-corrected chi connectivity index (χ2v) is 11.1. The second-order valence-electron chi connectivity index (χ2n) is 10.7. The Balaban J connectivity index is 1.49. The highest BCUT2D eigenvalue weighted by molar-refractivity contribution is 6.36. The van der Waals surface area contributed by atoms with E-state index in [9.17, 15) is 10.5 Å². The van der Waals surface area contributed by atoms with Gasteiger partial charge in [0.05, 0.1) is 61.7 Å². The molecule has 1 unspecified atom stereocenters. The first-order valence-corrected chi connectivity index (χ1v) is 14.4. The average molecular weight is 589 g/mol. The molecule has 0 bridgehead atoms. The van der Waals surface area contributed by atoms with E-state index in [2.05, 4.69) is 38.7 Å². The van der Waals surface area contributed by atoms with Crippen LogP contribution in [0.3, 0.4) is 0 Å². The number of hydrogen-bond donors (Lipinski definition) is 4. The van der Waals surface area contributed by atoms with Crippen molar-refractivity contribution in [3.8, 4) is 12.1 Å². The van der Waals surface area contributed by atoms with Crippen LogP contribution in [0.4, 0.5) is 15.8 Å². The molecule has 0 amide bonds. The minimum Gasteiger partial charge on any atom is -0.376 e. The molecule has 2 radical (unpaired) electrons. The van der Waals surface area contributed by atoms with Crippen LogP contribution in [-0.2, 0) is 5.44 Å². The van der Waals surface area contributed by atoms with Gasteiger partial charge in [0.1, 0.15) is 13.9 Å². The maximum atomic E-state index is 16.8. The Hall–Kier alpha value is -4.77. The van der Waals surface area contributed by atoms with E-state index >= 15 is 4.39 Å². The monoisotopic (exact) mass is 588 g/mol. The summed E-state index contributed by atoms with van der Waals surface area (Å²) in [6.07, 6.45) is 5.99. The van der Waals surface area contributed by atoms with Gasteiger partial charge in [-0.1, -0.05) is 61.0 Å². The van der Waals surface area contributed by atoms with Gasteiger partial charge in [-0.15, -0.1) is 5.53 Å². The van der Waals surface area contributed by atoms with Crippen LogP contribution in [0.1, 0.15) is 54.5 Å². The molecule has 2 heterocycles. The number of nitrogens with one attached hydrogen (secondary N) is 4. The molecule has 2 atom stereocenters. The van der Waals surface area contributed by atoms with Gasteiger partial charge < -0.3 is 16.1 Å². The van der Waals surface area contributed by atoms with Crippen molar-refractivity contribution in [2.45, 2.75) is 43.7 Å². The van der Waals surface area contributed by atoms with Crippen molar-refractivity contribution in [2.24, 2.45) is 0 Å². The predicted octanol–water partition coefficient (Wildman–Crippen LogP) is 6.10. The lowest BCUT2D eigenvalue weighted by molar-refractivity contribution is 0.260. The summed E-state index contributed by atoms with van der Waals surface area (Å²) in [6, 6.07) is 22.4. The first-order valence-electron chi connectivity index (χ1n) is 14.0. The third-order valence-electron chi connectivity index (χ3n) is 7.81. The Kier molecular flexibility index (Phi) is 7.58. The highest BCUT2D eigenvalue weighted by atomic mass is 35.5. The average Bonchev–Trinajstić information content (AvgIpc) is 3.77. The zero-order valence-electron chi connectivity index (χ0n) is 23.3.